The van der Waals surface area contributed by atoms with Crippen LogP contribution in [0.1, 0.15) is 24.7 Å². The van der Waals surface area contributed by atoms with E-state index in [-0.39, 0.29) is 5.56 Å². The van der Waals surface area contributed by atoms with E-state index in [4.69, 9.17) is 4.74 Å². The van der Waals surface area contributed by atoms with Crippen LogP contribution in [0.15, 0.2) is 53.6 Å². The summed E-state index contributed by atoms with van der Waals surface area (Å²) in [6, 6.07) is 9.24. The van der Waals surface area contributed by atoms with Crippen molar-refractivity contribution in [3.05, 3.63) is 65.5 Å². The predicted octanol–water partition coefficient (Wildman–Crippen LogP) is 5.53. The van der Waals surface area contributed by atoms with Crippen LogP contribution in [0, 0.1) is 0 Å². The van der Waals surface area contributed by atoms with E-state index in [9.17, 15) is 4.79 Å². The summed E-state index contributed by atoms with van der Waals surface area (Å²) >= 11 is 10.4. The number of halogens is 3. The van der Waals surface area contributed by atoms with E-state index < -0.39 is 0 Å². The van der Waals surface area contributed by atoms with Gasteiger partial charge < -0.3 is 4.74 Å². The molecular weight excluding hydrogens is 542 g/mol. The van der Waals surface area contributed by atoms with Crippen LogP contribution in [0.25, 0.3) is 10.9 Å². The van der Waals surface area contributed by atoms with E-state index in [1.54, 1.807) is 19.4 Å². The van der Waals surface area contributed by atoms with Gasteiger partial charge in [-0.15, -0.1) is 0 Å². The molecule has 27 heavy (non-hydrogen) atoms. The number of benzene rings is 2. The summed E-state index contributed by atoms with van der Waals surface area (Å²) < 4.78 is 9.11. The molecule has 2 aromatic carbocycles. The lowest BCUT2D eigenvalue weighted by atomic mass is 10.2. The molecule has 0 saturated carbocycles. The SMILES string of the molecule is CCCc1nc2ccc(Br)cc2c(=O)n1N=Cc1cc(Br)c(OC)c(Br)c1. The molecule has 0 aliphatic rings. The molecule has 3 aromatic rings. The molecule has 0 radical (unpaired) electrons. The molecule has 140 valence electrons. The standard InChI is InChI=1S/C19H16Br3N3O2/c1-3-4-17-24-16-6-5-12(20)9-13(16)19(26)25(17)23-10-11-7-14(21)18(27-2)15(22)8-11/h5-10H,3-4H2,1-2H3. The van der Waals surface area contributed by atoms with Crippen molar-refractivity contribution in [3.63, 3.8) is 0 Å². The van der Waals surface area contributed by atoms with Gasteiger partial charge in [0.05, 0.1) is 33.2 Å². The Morgan fingerprint density at radius 3 is 2.52 bits per heavy atom. The van der Waals surface area contributed by atoms with Crippen molar-refractivity contribution >= 4 is 64.9 Å². The first-order valence-corrected chi connectivity index (χ1v) is 10.6. The highest BCUT2D eigenvalue weighted by atomic mass is 79.9. The van der Waals surface area contributed by atoms with Crippen LogP contribution in [-0.2, 0) is 6.42 Å². The Hall–Kier alpha value is -1.51. The van der Waals surface area contributed by atoms with Gasteiger partial charge in [0, 0.05) is 10.9 Å². The molecule has 0 aliphatic carbocycles. The Bertz CT molecular complexity index is 1070. The monoisotopic (exact) mass is 555 g/mol. The molecule has 0 fully saturated rings. The fraction of sp³-hybridized carbons (Fsp3) is 0.211. The number of aromatic nitrogens is 2. The van der Waals surface area contributed by atoms with Gasteiger partial charge >= 0.3 is 0 Å². The zero-order chi connectivity index (χ0) is 19.6. The highest BCUT2D eigenvalue weighted by Crippen LogP contribution is 2.33. The average molecular weight is 558 g/mol. The topological polar surface area (TPSA) is 56.5 Å². The molecule has 8 heteroatoms. The summed E-state index contributed by atoms with van der Waals surface area (Å²) in [6.07, 6.45) is 3.17. The molecule has 0 atom stereocenters. The largest absolute Gasteiger partial charge is 0.494 e. The maximum atomic E-state index is 13.0. The van der Waals surface area contributed by atoms with Gasteiger partial charge in [0.25, 0.3) is 5.56 Å². The highest BCUT2D eigenvalue weighted by molar-refractivity contribution is 9.11. The zero-order valence-corrected chi connectivity index (χ0v) is 19.4. The van der Waals surface area contributed by atoms with Gasteiger partial charge in [0.1, 0.15) is 11.6 Å². The van der Waals surface area contributed by atoms with Crippen LogP contribution in [0.3, 0.4) is 0 Å². The smallest absolute Gasteiger partial charge is 0.282 e. The van der Waals surface area contributed by atoms with Gasteiger partial charge in [-0.25, -0.2) is 4.98 Å². The Morgan fingerprint density at radius 1 is 1.19 bits per heavy atom. The van der Waals surface area contributed by atoms with Crippen LogP contribution in [0.5, 0.6) is 5.75 Å². The Balaban J connectivity index is 2.13. The van der Waals surface area contributed by atoms with Crippen molar-refractivity contribution in [2.45, 2.75) is 19.8 Å². The average Bonchev–Trinajstić information content (AvgIpc) is 2.62. The minimum Gasteiger partial charge on any atom is -0.494 e. The minimum absolute atomic E-state index is 0.187. The second kappa shape index (κ2) is 8.67. The number of aryl methyl sites for hydroxylation is 1. The fourth-order valence-electron chi connectivity index (χ4n) is 2.67. The number of hydrogen-bond acceptors (Lipinski definition) is 4. The van der Waals surface area contributed by atoms with E-state index in [1.165, 1.54) is 4.68 Å². The van der Waals surface area contributed by atoms with Crippen molar-refractivity contribution < 1.29 is 4.74 Å². The molecule has 3 rings (SSSR count). The molecule has 0 aliphatic heterocycles. The van der Waals surface area contributed by atoms with Crippen molar-refractivity contribution in [2.24, 2.45) is 5.10 Å². The lowest BCUT2D eigenvalue weighted by Gasteiger charge is -2.09. The Morgan fingerprint density at radius 2 is 1.89 bits per heavy atom. The maximum absolute atomic E-state index is 13.0. The first kappa shape index (κ1) is 20.2. The molecule has 0 bridgehead atoms. The number of hydrogen-bond donors (Lipinski definition) is 0. The van der Waals surface area contributed by atoms with E-state index in [1.807, 2.05) is 31.2 Å². The van der Waals surface area contributed by atoms with E-state index in [0.29, 0.717) is 28.9 Å². The third kappa shape index (κ3) is 4.33. The van der Waals surface area contributed by atoms with Gasteiger partial charge in [-0.2, -0.15) is 9.78 Å². The van der Waals surface area contributed by atoms with Crippen molar-refractivity contribution in [1.82, 2.24) is 9.66 Å². The van der Waals surface area contributed by atoms with E-state index >= 15 is 0 Å². The van der Waals surface area contributed by atoms with Gasteiger partial charge in [-0.3, -0.25) is 4.79 Å². The minimum atomic E-state index is -0.187. The maximum Gasteiger partial charge on any atom is 0.282 e. The Labute approximate surface area is 181 Å². The normalized spacial score (nSPS) is 11.4. The van der Waals surface area contributed by atoms with Gasteiger partial charge in [-0.05, 0) is 74.2 Å². The van der Waals surface area contributed by atoms with Crippen LogP contribution < -0.4 is 10.3 Å². The summed E-state index contributed by atoms with van der Waals surface area (Å²) in [4.78, 5) is 17.6. The van der Waals surface area contributed by atoms with Crippen molar-refractivity contribution in [1.29, 1.82) is 0 Å². The summed E-state index contributed by atoms with van der Waals surface area (Å²) in [5.74, 6) is 1.34. The third-order valence-electron chi connectivity index (χ3n) is 3.90. The summed E-state index contributed by atoms with van der Waals surface area (Å²) in [5.41, 5.74) is 1.30. The lowest BCUT2D eigenvalue weighted by molar-refractivity contribution is 0.409. The first-order valence-electron chi connectivity index (χ1n) is 8.23. The van der Waals surface area contributed by atoms with Crippen molar-refractivity contribution in [2.75, 3.05) is 7.11 Å². The lowest BCUT2D eigenvalue weighted by Crippen LogP contribution is -2.22. The first-order chi connectivity index (χ1) is 12.9. The fourth-order valence-corrected chi connectivity index (χ4v) is 4.58. The summed E-state index contributed by atoms with van der Waals surface area (Å²) in [7, 11) is 1.61. The molecule has 0 spiro atoms. The number of methoxy groups -OCH3 is 1. The molecule has 0 amide bonds. The molecule has 5 nitrogen and oxygen atoms in total. The molecule has 1 aromatic heterocycles. The number of rotatable bonds is 5. The predicted molar refractivity (Wildman–Crippen MR) is 119 cm³/mol. The summed E-state index contributed by atoms with van der Waals surface area (Å²) in [5, 5.41) is 4.96. The van der Waals surface area contributed by atoms with E-state index in [2.05, 4.69) is 57.9 Å². The molecule has 0 saturated heterocycles. The Kier molecular flexibility index (Phi) is 6.49. The second-order valence-corrected chi connectivity index (χ2v) is 8.44. The molecule has 0 N–H and O–H groups in total. The van der Waals surface area contributed by atoms with E-state index in [0.717, 1.165) is 25.4 Å². The van der Waals surface area contributed by atoms with Gasteiger partial charge in [-0.1, -0.05) is 22.9 Å². The molecule has 1 heterocycles. The number of fused-ring (bicyclic) bond motifs is 1. The van der Waals surface area contributed by atoms with Crippen LogP contribution in [-0.4, -0.2) is 23.0 Å². The number of ether oxygens (including phenoxy) is 1. The third-order valence-corrected chi connectivity index (χ3v) is 5.57. The van der Waals surface area contributed by atoms with Crippen LogP contribution >= 0.6 is 47.8 Å². The molecule has 0 unspecified atom stereocenters. The quantitative estimate of drug-likeness (QED) is 0.388. The molecular formula is C19H16Br3N3O2. The summed E-state index contributed by atoms with van der Waals surface area (Å²) in [6.45, 7) is 2.05. The zero-order valence-electron chi connectivity index (χ0n) is 14.7. The van der Waals surface area contributed by atoms with Crippen molar-refractivity contribution in [3.8, 4) is 5.75 Å². The van der Waals surface area contributed by atoms with Gasteiger partial charge in [0.15, 0.2) is 0 Å². The van der Waals surface area contributed by atoms with Gasteiger partial charge in [0.2, 0.25) is 0 Å². The highest BCUT2D eigenvalue weighted by Gasteiger charge is 2.11. The van der Waals surface area contributed by atoms with Crippen LogP contribution in [0.2, 0.25) is 0 Å². The number of nitrogens with zero attached hydrogens (tertiary/aromatic N) is 3. The van der Waals surface area contributed by atoms with Crippen LogP contribution in [0.4, 0.5) is 0 Å². The second-order valence-electron chi connectivity index (χ2n) is 5.82.